The number of carbonyl (C=O) groups is 1. The van der Waals surface area contributed by atoms with Crippen LogP contribution >= 0.6 is 12.4 Å². The van der Waals surface area contributed by atoms with E-state index in [1.807, 2.05) is 0 Å². The Morgan fingerprint density at radius 2 is 2.11 bits per heavy atom. The number of halogens is 2. The third-order valence-electron chi connectivity index (χ3n) is 2.29. The molecule has 0 aliphatic heterocycles. The highest BCUT2D eigenvalue weighted by atomic mass is 35.5. The minimum atomic E-state index is -0.772. The average molecular weight is 292 g/mol. The van der Waals surface area contributed by atoms with Gasteiger partial charge < -0.3 is 10.6 Å². The van der Waals surface area contributed by atoms with Crippen LogP contribution in [0.5, 0.6) is 0 Å². The lowest BCUT2D eigenvalue weighted by atomic mass is 10.1. The van der Waals surface area contributed by atoms with Crippen LogP contribution in [0.3, 0.4) is 0 Å². The molecule has 19 heavy (non-hydrogen) atoms. The van der Waals surface area contributed by atoms with Crippen molar-refractivity contribution in [2.24, 2.45) is 0 Å². The Hall–Kier alpha value is -1.73. The fourth-order valence-electron chi connectivity index (χ4n) is 1.41. The summed E-state index contributed by atoms with van der Waals surface area (Å²) in [6.45, 7) is 1.12. The first-order valence-corrected chi connectivity index (χ1v) is 5.43. The lowest BCUT2D eigenvalue weighted by molar-refractivity contribution is -0.385. The molecule has 0 aliphatic rings. The maximum absolute atomic E-state index is 12.9. The summed E-state index contributed by atoms with van der Waals surface area (Å²) in [5, 5.41) is 16.2. The number of nitro benzene ring substituents is 1. The zero-order valence-electron chi connectivity index (χ0n) is 10.3. The molecule has 1 aromatic carbocycles. The van der Waals surface area contributed by atoms with Crippen LogP contribution in [0, 0.1) is 15.9 Å². The summed E-state index contributed by atoms with van der Waals surface area (Å²) in [5.74, 6) is -1.31. The van der Waals surface area contributed by atoms with Crippen molar-refractivity contribution in [1.29, 1.82) is 0 Å². The minimum Gasteiger partial charge on any atom is -0.352 e. The van der Waals surface area contributed by atoms with Crippen molar-refractivity contribution in [1.82, 2.24) is 10.6 Å². The second kappa shape index (κ2) is 8.39. The Morgan fingerprint density at radius 3 is 2.68 bits per heavy atom. The van der Waals surface area contributed by atoms with Gasteiger partial charge in [-0.1, -0.05) is 0 Å². The zero-order valence-corrected chi connectivity index (χ0v) is 11.1. The first kappa shape index (κ1) is 17.3. The van der Waals surface area contributed by atoms with Gasteiger partial charge in [0, 0.05) is 6.54 Å². The summed E-state index contributed by atoms with van der Waals surface area (Å²) < 4.78 is 12.9. The molecule has 0 radical (unpaired) electrons. The number of nitro groups is 1. The van der Waals surface area contributed by atoms with Crippen LogP contribution in [0.2, 0.25) is 0 Å². The molecule has 8 heteroatoms. The molecule has 106 valence electrons. The molecule has 0 unspecified atom stereocenters. The van der Waals surface area contributed by atoms with E-state index in [1.54, 1.807) is 7.05 Å². The van der Waals surface area contributed by atoms with Gasteiger partial charge in [-0.3, -0.25) is 14.9 Å². The van der Waals surface area contributed by atoms with E-state index in [4.69, 9.17) is 0 Å². The number of benzene rings is 1. The SMILES string of the molecule is CNCCCNC(=O)c1ccc(F)cc1[N+](=O)[O-].Cl. The summed E-state index contributed by atoms with van der Waals surface area (Å²) in [4.78, 5) is 21.6. The summed E-state index contributed by atoms with van der Waals surface area (Å²) in [6.07, 6.45) is 0.706. The van der Waals surface area contributed by atoms with Crippen molar-refractivity contribution >= 4 is 24.0 Å². The lowest BCUT2D eigenvalue weighted by Crippen LogP contribution is -2.27. The Morgan fingerprint density at radius 1 is 1.42 bits per heavy atom. The van der Waals surface area contributed by atoms with E-state index in [0.717, 1.165) is 24.7 Å². The molecule has 1 aromatic rings. The van der Waals surface area contributed by atoms with Gasteiger partial charge in [-0.25, -0.2) is 4.39 Å². The van der Waals surface area contributed by atoms with Crippen LogP contribution in [0.15, 0.2) is 18.2 Å². The fourth-order valence-corrected chi connectivity index (χ4v) is 1.41. The van der Waals surface area contributed by atoms with E-state index in [-0.39, 0.29) is 18.0 Å². The van der Waals surface area contributed by atoms with Gasteiger partial charge in [0.25, 0.3) is 11.6 Å². The van der Waals surface area contributed by atoms with E-state index < -0.39 is 22.3 Å². The molecule has 1 rings (SSSR count). The topological polar surface area (TPSA) is 84.3 Å². The summed E-state index contributed by atoms with van der Waals surface area (Å²) >= 11 is 0. The molecule has 0 saturated carbocycles. The van der Waals surface area contributed by atoms with E-state index in [2.05, 4.69) is 10.6 Å². The third-order valence-corrected chi connectivity index (χ3v) is 2.29. The van der Waals surface area contributed by atoms with E-state index in [0.29, 0.717) is 13.0 Å². The molecular weight excluding hydrogens is 277 g/mol. The van der Waals surface area contributed by atoms with Gasteiger partial charge >= 0.3 is 0 Å². The normalized spacial score (nSPS) is 9.58. The Kier molecular flexibility index (Phi) is 7.62. The highest BCUT2D eigenvalue weighted by Gasteiger charge is 2.20. The van der Waals surface area contributed by atoms with Crippen molar-refractivity contribution in [3.05, 3.63) is 39.7 Å². The standard InChI is InChI=1S/C11H14FN3O3.ClH/c1-13-5-2-6-14-11(16)9-4-3-8(12)7-10(9)15(17)18;/h3-4,7,13H,2,5-6H2,1H3,(H,14,16);1H. The molecule has 0 aromatic heterocycles. The molecule has 0 spiro atoms. The number of hydrogen-bond acceptors (Lipinski definition) is 4. The maximum Gasteiger partial charge on any atom is 0.285 e. The second-order valence-electron chi connectivity index (χ2n) is 3.63. The first-order chi connectivity index (χ1) is 8.56. The third kappa shape index (κ3) is 5.19. The van der Waals surface area contributed by atoms with Crippen LogP contribution < -0.4 is 10.6 Å². The molecular formula is C11H15ClFN3O3. The smallest absolute Gasteiger partial charge is 0.285 e. The number of rotatable bonds is 6. The van der Waals surface area contributed by atoms with E-state index >= 15 is 0 Å². The van der Waals surface area contributed by atoms with Gasteiger partial charge in [0.1, 0.15) is 11.4 Å². The highest BCUT2D eigenvalue weighted by Crippen LogP contribution is 2.19. The quantitative estimate of drug-likeness (QED) is 0.472. The van der Waals surface area contributed by atoms with Gasteiger partial charge in [0.2, 0.25) is 0 Å². The predicted molar refractivity (Wildman–Crippen MR) is 71.2 cm³/mol. The van der Waals surface area contributed by atoms with Crippen molar-refractivity contribution in [3.8, 4) is 0 Å². The van der Waals surface area contributed by atoms with Crippen LogP contribution in [0.4, 0.5) is 10.1 Å². The number of hydrogen-bond donors (Lipinski definition) is 2. The molecule has 0 heterocycles. The Labute approximate surface area is 115 Å². The van der Waals surface area contributed by atoms with Gasteiger partial charge in [-0.2, -0.15) is 0 Å². The van der Waals surface area contributed by atoms with Crippen molar-refractivity contribution in [2.45, 2.75) is 6.42 Å². The molecule has 0 aliphatic carbocycles. The van der Waals surface area contributed by atoms with Gasteiger partial charge in [-0.05, 0) is 32.1 Å². The summed E-state index contributed by atoms with van der Waals surface area (Å²) in [7, 11) is 1.78. The fraction of sp³-hybridized carbons (Fsp3) is 0.364. The van der Waals surface area contributed by atoms with E-state index in [1.165, 1.54) is 0 Å². The highest BCUT2D eigenvalue weighted by molar-refractivity contribution is 5.98. The molecule has 0 atom stereocenters. The molecule has 6 nitrogen and oxygen atoms in total. The molecule has 0 saturated heterocycles. The van der Waals surface area contributed by atoms with E-state index in [9.17, 15) is 19.3 Å². The molecule has 2 N–H and O–H groups in total. The molecule has 0 fully saturated rings. The number of amides is 1. The maximum atomic E-state index is 12.9. The second-order valence-corrected chi connectivity index (χ2v) is 3.63. The van der Waals surface area contributed by atoms with Crippen molar-refractivity contribution in [2.75, 3.05) is 20.1 Å². The monoisotopic (exact) mass is 291 g/mol. The van der Waals surface area contributed by atoms with Gasteiger partial charge in [0.05, 0.1) is 11.0 Å². The predicted octanol–water partition coefficient (Wildman–Crippen LogP) is 1.49. The van der Waals surface area contributed by atoms with Crippen LogP contribution in [-0.2, 0) is 0 Å². The minimum absolute atomic E-state index is 0. The number of carbonyl (C=O) groups excluding carboxylic acids is 1. The first-order valence-electron chi connectivity index (χ1n) is 5.43. The average Bonchev–Trinajstić information content (AvgIpc) is 2.34. The Balaban J connectivity index is 0.00000324. The van der Waals surface area contributed by atoms with Gasteiger partial charge in [-0.15, -0.1) is 12.4 Å². The molecule has 1 amide bonds. The summed E-state index contributed by atoms with van der Waals surface area (Å²) in [6, 6.07) is 2.87. The van der Waals surface area contributed by atoms with Crippen LogP contribution in [-0.4, -0.2) is 31.0 Å². The van der Waals surface area contributed by atoms with Crippen LogP contribution in [0.1, 0.15) is 16.8 Å². The lowest BCUT2D eigenvalue weighted by Gasteiger charge is -2.05. The number of nitrogens with zero attached hydrogens (tertiary/aromatic N) is 1. The van der Waals surface area contributed by atoms with Crippen molar-refractivity contribution in [3.63, 3.8) is 0 Å². The Bertz CT molecular complexity index is 457. The largest absolute Gasteiger partial charge is 0.352 e. The number of nitrogens with one attached hydrogen (secondary N) is 2. The molecule has 0 bridgehead atoms. The summed E-state index contributed by atoms with van der Waals surface area (Å²) in [5.41, 5.74) is -0.660. The van der Waals surface area contributed by atoms with Crippen molar-refractivity contribution < 1.29 is 14.1 Å². The van der Waals surface area contributed by atoms with Crippen LogP contribution in [0.25, 0.3) is 0 Å². The van der Waals surface area contributed by atoms with Gasteiger partial charge in [0.15, 0.2) is 0 Å². The zero-order chi connectivity index (χ0) is 13.5.